The smallest absolute Gasteiger partial charge is 0.223 e. The van der Waals surface area contributed by atoms with Crippen molar-refractivity contribution in [3.63, 3.8) is 0 Å². The van der Waals surface area contributed by atoms with Crippen LogP contribution in [-0.4, -0.2) is 35.5 Å². The lowest BCUT2D eigenvalue weighted by molar-refractivity contribution is -0.130. The predicted octanol–water partition coefficient (Wildman–Crippen LogP) is 1.74. The van der Waals surface area contributed by atoms with Gasteiger partial charge in [0.05, 0.1) is 0 Å². The van der Waals surface area contributed by atoms with Crippen molar-refractivity contribution in [3.05, 3.63) is 29.8 Å². The molecule has 1 aromatic rings. The summed E-state index contributed by atoms with van der Waals surface area (Å²) in [5.74, 6) is 0.309. The zero-order valence-electron chi connectivity index (χ0n) is 11.3. The molecule has 0 heterocycles. The van der Waals surface area contributed by atoms with Crippen molar-refractivity contribution < 1.29 is 9.90 Å². The average Bonchev–Trinajstić information content (AvgIpc) is 2.31. The molecule has 0 saturated carbocycles. The quantitative estimate of drug-likeness (QED) is 0.808. The second-order valence-electron chi connectivity index (χ2n) is 4.74. The molecule has 0 aliphatic heterocycles. The Hall–Kier alpha value is -1.55. The molecular weight excluding hydrogens is 228 g/mol. The van der Waals surface area contributed by atoms with Crippen LogP contribution in [0.5, 0.6) is 5.75 Å². The summed E-state index contributed by atoms with van der Waals surface area (Å²) in [5.41, 5.74) is 0.769. The molecule has 0 saturated heterocycles. The van der Waals surface area contributed by atoms with Gasteiger partial charge in [0.25, 0.3) is 0 Å². The summed E-state index contributed by atoms with van der Waals surface area (Å²) in [7, 11) is 1.75. The van der Waals surface area contributed by atoms with E-state index in [1.807, 2.05) is 12.1 Å². The zero-order chi connectivity index (χ0) is 13.5. The average molecular weight is 250 g/mol. The molecule has 1 amide bonds. The summed E-state index contributed by atoms with van der Waals surface area (Å²) in [5, 5.41) is 12.8. The first-order valence-corrected chi connectivity index (χ1v) is 6.25. The highest BCUT2D eigenvalue weighted by Gasteiger charge is 2.10. The van der Waals surface area contributed by atoms with Gasteiger partial charge in [-0.05, 0) is 6.07 Å². The van der Waals surface area contributed by atoms with Gasteiger partial charge < -0.3 is 15.3 Å². The van der Waals surface area contributed by atoms with E-state index in [9.17, 15) is 9.90 Å². The van der Waals surface area contributed by atoms with Crippen molar-refractivity contribution in [3.8, 4) is 5.75 Å². The van der Waals surface area contributed by atoms with Crippen molar-refractivity contribution in [1.82, 2.24) is 10.2 Å². The van der Waals surface area contributed by atoms with Gasteiger partial charge >= 0.3 is 0 Å². The first-order valence-electron chi connectivity index (χ1n) is 6.25. The van der Waals surface area contributed by atoms with Crippen LogP contribution in [0.2, 0.25) is 0 Å². The number of hydrogen-bond acceptors (Lipinski definition) is 3. The molecule has 0 spiro atoms. The van der Waals surface area contributed by atoms with Gasteiger partial charge in [0, 0.05) is 38.2 Å². The van der Waals surface area contributed by atoms with Crippen molar-refractivity contribution in [2.75, 3.05) is 13.6 Å². The molecule has 0 aliphatic rings. The fourth-order valence-corrected chi connectivity index (χ4v) is 1.65. The molecule has 0 radical (unpaired) electrons. The highest BCUT2D eigenvalue weighted by Crippen LogP contribution is 2.17. The van der Waals surface area contributed by atoms with Gasteiger partial charge in [-0.3, -0.25) is 4.79 Å². The van der Waals surface area contributed by atoms with Crippen LogP contribution < -0.4 is 5.32 Å². The van der Waals surface area contributed by atoms with Crippen LogP contribution in [0, 0.1) is 0 Å². The number of phenols is 1. The molecule has 0 unspecified atom stereocenters. The number of para-hydroxylation sites is 1. The summed E-state index contributed by atoms with van der Waals surface area (Å²) in [6.45, 7) is 5.22. The molecule has 1 rings (SSSR count). The summed E-state index contributed by atoms with van der Waals surface area (Å²) in [6, 6.07) is 7.47. The Labute approximate surface area is 109 Å². The van der Waals surface area contributed by atoms with Gasteiger partial charge in [0.15, 0.2) is 0 Å². The second-order valence-corrected chi connectivity index (χ2v) is 4.74. The number of amides is 1. The first-order chi connectivity index (χ1) is 8.50. The number of benzene rings is 1. The molecule has 0 aliphatic carbocycles. The standard InChI is InChI=1S/C14H22N2O2/c1-11(2)15-9-8-14(18)16(3)10-12-6-4-5-7-13(12)17/h4-7,11,15,17H,8-10H2,1-3H3. The third-order valence-electron chi connectivity index (χ3n) is 2.72. The molecule has 0 fully saturated rings. The molecule has 2 N–H and O–H groups in total. The number of carbonyl (C=O) groups excluding carboxylic acids is 1. The minimum Gasteiger partial charge on any atom is -0.508 e. The van der Waals surface area contributed by atoms with Crippen molar-refractivity contribution in [2.45, 2.75) is 32.9 Å². The molecule has 18 heavy (non-hydrogen) atoms. The number of hydrogen-bond donors (Lipinski definition) is 2. The van der Waals surface area contributed by atoms with Gasteiger partial charge in [-0.15, -0.1) is 0 Å². The van der Waals surface area contributed by atoms with Crippen molar-refractivity contribution >= 4 is 5.91 Å². The van der Waals surface area contributed by atoms with E-state index in [1.165, 1.54) is 0 Å². The Morgan fingerprint density at radius 2 is 2.06 bits per heavy atom. The number of nitrogens with one attached hydrogen (secondary N) is 1. The van der Waals surface area contributed by atoms with Crippen LogP contribution in [0.25, 0.3) is 0 Å². The fourth-order valence-electron chi connectivity index (χ4n) is 1.65. The van der Waals surface area contributed by atoms with Gasteiger partial charge in [0.2, 0.25) is 5.91 Å². The largest absolute Gasteiger partial charge is 0.508 e. The summed E-state index contributed by atoms with van der Waals surface area (Å²) in [6.07, 6.45) is 0.474. The third kappa shape index (κ3) is 4.75. The molecular formula is C14H22N2O2. The highest BCUT2D eigenvalue weighted by molar-refractivity contribution is 5.76. The van der Waals surface area contributed by atoms with E-state index < -0.39 is 0 Å². The summed E-state index contributed by atoms with van der Waals surface area (Å²) in [4.78, 5) is 13.5. The molecule has 0 atom stereocenters. The Bertz CT molecular complexity index is 391. The van der Waals surface area contributed by atoms with Gasteiger partial charge in [0.1, 0.15) is 5.75 Å². The number of aromatic hydroxyl groups is 1. The topological polar surface area (TPSA) is 52.6 Å². The lowest BCUT2D eigenvalue weighted by atomic mass is 10.2. The number of rotatable bonds is 6. The SMILES string of the molecule is CC(C)NCCC(=O)N(C)Cc1ccccc1O. The van der Waals surface area contributed by atoms with E-state index in [-0.39, 0.29) is 11.7 Å². The maximum Gasteiger partial charge on any atom is 0.223 e. The molecule has 4 heteroatoms. The summed E-state index contributed by atoms with van der Waals surface area (Å²) < 4.78 is 0. The van der Waals surface area contributed by atoms with Crippen LogP contribution in [0.1, 0.15) is 25.8 Å². The third-order valence-corrected chi connectivity index (χ3v) is 2.72. The van der Waals surface area contributed by atoms with Gasteiger partial charge in [-0.1, -0.05) is 32.0 Å². The van der Waals surface area contributed by atoms with E-state index in [4.69, 9.17) is 0 Å². The maximum atomic E-state index is 11.8. The van der Waals surface area contributed by atoms with Crippen LogP contribution >= 0.6 is 0 Å². The molecule has 4 nitrogen and oxygen atoms in total. The maximum absolute atomic E-state index is 11.8. The normalized spacial score (nSPS) is 10.7. The molecule has 100 valence electrons. The Balaban J connectivity index is 2.43. The lowest BCUT2D eigenvalue weighted by Crippen LogP contribution is -2.31. The van der Waals surface area contributed by atoms with Crippen LogP contribution in [0.15, 0.2) is 24.3 Å². The van der Waals surface area contributed by atoms with Gasteiger partial charge in [-0.2, -0.15) is 0 Å². The Kier molecular flexibility index (Phi) is 5.65. The zero-order valence-corrected chi connectivity index (χ0v) is 11.3. The first kappa shape index (κ1) is 14.5. The van der Waals surface area contributed by atoms with E-state index >= 15 is 0 Å². The van der Waals surface area contributed by atoms with Crippen molar-refractivity contribution in [2.24, 2.45) is 0 Å². The molecule has 0 bridgehead atoms. The van der Waals surface area contributed by atoms with Crippen molar-refractivity contribution in [1.29, 1.82) is 0 Å². The number of nitrogens with zero attached hydrogens (tertiary/aromatic N) is 1. The fraction of sp³-hybridized carbons (Fsp3) is 0.500. The highest BCUT2D eigenvalue weighted by atomic mass is 16.3. The Morgan fingerprint density at radius 1 is 1.39 bits per heavy atom. The van der Waals surface area contributed by atoms with Crippen LogP contribution in [0.3, 0.4) is 0 Å². The number of phenolic OH excluding ortho intramolecular Hbond substituents is 1. The van der Waals surface area contributed by atoms with E-state index in [0.29, 0.717) is 25.6 Å². The van der Waals surface area contributed by atoms with Crippen LogP contribution in [0.4, 0.5) is 0 Å². The van der Waals surface area contributed by atoms with E-state index in [0.717, 1.165) is 5.56 Å². The monoisotopic (exact) mass is 250 g/mol. The van der Waals surface area contributed by atoms with Crippen LogP contribution in [-0.2, 0) is 11.3 Å². The lowest BCUT2D eigenvalue weighted by Gasteiger charge is -2.18. The minimum atomic E-state index is 0.0754. The molecule has 0 aromatic heterocycles. The van der Waals surface area contributed by atoms with Gasteiger partial charge in [-0.25, -0.2) is 0 Å². The molecule has 1 aromatic carbocycles. The van der Waals surface area contributed by atoms with E-state index in [2.05, 4.69) is 19.2 Å². The van der Waals surface area contributed by atoms with E-state index in [1.54, 1.807) is 24.1 Å². The summed E-state index contributed by atoms with van der Waals surface area (Å²) >= 11 is 0. The second kappa shape index (κ2) is 7.01. The minimum absolute atomic E-state index is 0.0754. The number of carbonyl (C=O) groups is 1. The predicted molar refractivity (Wildman–Crippen MR) is 72.3 cm³/mol. The Morgan fingerprint density at radius 3 is 2.67 bits per heavy atom.